The fraction of sp³-hybridized carbons (Fsp3) is 0.364. The Morgan fingerprint density at radius 2 is 2.06 bits per heavy atom. The Labute approximate surface area is 98.8 Å². The molecule has 0 aliphatic heterocycles. The fourth-order valence-corrected chi connectivity index (χ4v) is 1.86. The van der Waals surface area contributed by atoms with Gasteiger partial charge in [-0.2, -0.15) is 0 Å². The Kier molecular flexibility index (Phi) is 6.76. The number of aliphatic carboxylic acids is 1. The summed E-state index contributed by atoms with van der Waals surface area (Å²) in [6.45, 7) is 2.87. The summed E-state index contributed by atoms with van der Waals surface area (Å²) in [7, 11) is 0. The maximum atomic E-state index is 13.2. The van der Waals surface area contributed by atoms with Gasteiger partial charge in [-0.05, 0) is 25.3 Å². The van der Waals surface area contributed by atoms with Gasteiger partial charge in [-0.15, -0.1) is 11.8 Å². The molecule has 1 rings (SSSR count). The highest BCUT2D eigenvalue weighted by Crippen LogP contribution is 2.26. The smallest absolute Gasteiger partial charge is 0.300 e. The van der Waals surface area contributed by atoms with Crippen LogP contribution < -0.4 is 5.73 Å². The second-order valence-electron chi connectivity index (χ2n) is 3.16. The van der Waals surface area contributed by atoms with Crippen molar-refractivity contribution in [3.8, 4) is 0 Å². The lowest BCUT2D eigenvalue weighted by Gasteiger charge is -2.11. The first-order valence-corrected chi connectivity index (χ1v) is 5.90. The van der Waals surface area contributed by atoms with Crippen LogP contribution in [0.25, 0.3) is 0 Å². The van der Waals surface area contributed by atoms with Crippen LogP contribution in [0.4, 0.5) is 4.39 Å². The first kappa shape index (κ1) is 14.9. The van der Waals surface area contributed by atoms with Gasteiger partial charge in [-0.25, -0.2) is 4.39 Å². The predicted molar refractivity (Wildman–Crippen MR) is 64.1 cm³/mol. The topological polar surface area (TPSA) is 63.3 Å². The van der Waals surface area contributed by atoms with Crippen LogP contribution in [0.1, 0.15) is 25.5 Å². The van der Waals surface area contributed by atoms with Crippen LogP contribution in [0, 0.1) is 5.82 Å². The maximum absolute atomic E-state index is 13.2. The highest BCUT2D eigenvalue weighted by Gasteiger charge is 2.10. The molecule has 0 saturated heterocycles. The van der Waals surface area contributed by atoms with Gasteiger partial charge in [0.25, 0.3) is 5.97 Å². The van der Waals surface area contributed by atoms with Crippen molar-refractivity contribution in [2.75, 3.05) is 6.26 Å². The largest absolute Gasteiger partial charge is 0.481 e. The summed E-state index contributed by atoms with van der Waals surface area (Å²) >= 11 is 1.52. The molecule has 0 saturated carbocycles. The van der Waals surface area contributed by atoms with Crippen molar-refractivity contribution in [1.29, 1.82) is 0 Å². The number of hydrogen-bond donors (Lipinski definition) is 2. The Morgan fingerprint density at radius 1 is 1.56 bits per heavy atom. The average molecular weight is 245 g/mol. The first-order chi connectivity index (χ1) is 7.40. The zero-order chi connectivity index (χ0) is 12.7. The number of carboxylic acid groups (broad SMARTS) is 1. The molecule has 3 N–H and O–H groups in total. The lowest BCUT2D eigenvalue weighted by Crippen LogP contribution is -2.08. The van der Waals surface area contributed by atoms with Crippen LogP contribution >= 0.6 is 11.8 Å². The third-order valence-corrected chi connectivity index (χ3v) is 2.48. The number of nitrogens with two attached hydrogens (primary N) is 1. The van der Waals surface area contributed by atoms with E-state index in [4.69, 9.17) is 15.6 Å². The Balaban J connectivity index is 0.000000487. The van der Waals surface area contributed by atoms with E-state index >= 15 is 0 Å². The normalized spacial score (nSPS) is 11.3. The third kappa shape index (κ3) is 5.14. The second-order valence-corrected chi connectivity index (χ2v) is 4.01. The molecule has 0 bridgehead atoms. The van der Waals surface area contributed by atoms with Crippen molar-refractivity contribution in [2.45, 2.75) is 24.8 Å². The zero-order valence-electron chi connectivity index (χ0n) is 9.53. The van der Waals surface area contributed by atoms with E-state index in [9.17, 15) is 4.39 Å². The molecule has 0 spiro atoms. The molecule has 0 radical (unpaired) electrons. The molecule has 0 amide bonds. The average Bonchev–Trinajstić information content (AvgIpc) is 2.15. The predicted octanol–water partition coefficient (Wildman–Crippen LogP) is 2.66. The van der Waals surface area contributed by atoms with Gasteiger partial charge in [-0.3, -0.25) is 4.79 Å². The lowest BCUT2D eigenvalue weighted by molar-refractivity contribution is -0.134. The Morgan fingerprint density at radius 3 is 2.38 bits per heavy atom. The number of halogens is 1. The van der Waals surface area contributed by atoms with E-state index in [1.807, 2.05) is 12.3 Å². The molecule has 16 heavy (non-hydrogen) atoms. The first-order valence-electron chi connectivity index (χ1n) is 4.67. The van der Waals surface area contributed by atoms with Gasteiger partial charge in [0.1, 0.15) is 5.82 Å². The number of hydrogen-bond acceptors (Lipinski definition) is 3. The van der Waals surface area contributed by atoms with Crippen LogP contribution in [0.3, 0.4) is 0 Å². The molecular formula is C11H16FNO2S. The van der Waals surface area contributed by atoms with Gasteiger partial charge in [0.05, 0.1) is 0 Å². The highest BCUT2D eigenvalue weighted by molar-refractivity contribution is 7.98. The molecule has 1 unspecified atom stereocenters. The molecule has 1 aromatic carbocycles. The Bertz CT molecular complexity index is 352. The summed E-state index contributed by atoms with van der Waals surface area (Å²) in [5.74, 6) is -1.04. The van der Waals surface area contributed by atoms with Gasteiger partial charge in [-0.1, -0.05) is 6.07 Å². The molecule has 90 valence electrons. The van der Waals surface area contributed by atoms with Crippen LogP contribution in [0.2, 0.25) is 0 Å². The summed E-state index contributed by atoms with van der Waals surface area (Å²) in [6, 6.07) is 4.78. The second kappa shape index (κ2) is 7.24. The van der Waals surface area contributed by atoms with E-state index in [1.54, 1.807) is 13.0 Å². The molecule has 0 fully saturated rings. The minimum absolute atomic E-state index is 0.211. The van der Waals surface area contributed by atoms with E-state index in [-0.39, 0.29) is 11.9 Å². The van der Waals surface area contributed by atoms with Crippen molar-refractivity contribution in [3.63, 3.8) is 0 Å². The van der Waals surface area contributed by atoms with Crippen LogP contribution in [-0.4, -0.2) is 17.3 Å². The van der Waals surface area contributed by atoms with Gasteiger partial charge >= 0.3 is 0 Å². The molecule has 5 heteroatoms. The van der Waals surface area contributed by atoms with Crippen LogP contribution in [-0.2, 0) is 4.79 Å². The standard InChI is InChI=1S/C9H12FNS.C2H4O2/c1-6(11)9-7(10)4-3-5-8(9)12-2;1-2(3)4/h3-6H,11H2,1-2H3;1H3,(H,3,4). The number of benzene rings is 1. The molecule has 0 heterocycles. The Hall–Kier alpha value is -1.07. The van der Waals surface area contributed by atoms with Crippen LogP contribution in [0.5, 0.6) is 0 Å². The van der Waals surface area contributed by atoms with E-state index in [1.165, 1.54) is 17.8 Å². The van der Waals surface area contributed by atoms with Gasteiger partial charge < -0.3 is 10.8 Å². The summed E-state index contributed by atoms with van der Waals surface area (Å²) in [5.41, 5.74) is 6.25. The number of thioether (sulfide) groups is 1. The van der Waals surface area contributed by atoms with Crippen molar-refractivity contribution >= 4 is 17.7 Å². The molecule has 3 nitrogen and oxygen atoms in total. The van der Waals surface area contributed by atoms with E-state index < -0.39 is 5.97 Å². The SMILES string of the molecule is CC(=O)O.CSc1cccc(F)c1C(C)N. The minimum Gasteiger partial charge on any atom is -0.481 e. The van der Waals surface area contributed by atoms with Gasteiger partial charge in [0.2, 0.25) is 0 Å². The molecule has 1 aromatic rings. The molecule has 0 aromatic heterocycles. The molecule has 1 atom stereocenters. The summed E-state index contributed by atoms with van der Waals surface area (Å²) in [6.07, 6.45) is 1.92. The minimum atomic E-state index is -0.833. The van der Waals surface area contributed by atoms with Crippen molar-refractivity contribution in [3.05, 3.63) is 29.6 Å². The zero-order valence-corrected chi connectivity index (χ0v) is 10.3. The lowest BCUT2D eigenvalue weighted by atomic mass is 10.1. The van der Waals surface area contributed by atoms with E-state index in [0.29, 0.717) is 5.56 Å². The molecular weight excluding hydrogens is 229 g/mol. The summed E-state index contributed by atoms with van der Waals surface area (Å²) < 4.78 is 13.2. The number of rotatable bonds is 2. The van der Waals surface area contributed by atoms with Gasteiger partial charge in [0.15, 0.2) is 0 Å². The fourth-order valence-electron chi connectivity index (χ4n) is 1.14. The summed E-state index contributed by atoms with van der Waals surface area (Å²) in [5, 5.41) is 7.42. The molecule has 0 aliphatic carbocycles. The van der Waals surface area contributed by atoms with Crippen molar-refractivity contribution in [2.24, 2.45) is 5.73 Å². The third-order valence-electron chi connectivity index (χ3n) is 1.69. The van der Waals surface area contributed by atoms with E-state index in [0.717, 1.165) is 11.8 Å². The van der Waals surface area contributed by atoms with Crippen molar-refractivity contribution in [1.82, 2.24) is 0 Å². The number of carboxylic acids is 1. The van der Waals surface area contributed by atoms with Gasteiger partial charge in [0, 0.05) is 23.4 Å². The molecule has 0 aliphatic rings. The maximum Gasteiger partial charge on any atom is 0.300 e. The van der Waals surface area contributed by atoms with Crippen molar-refractivity contribution < 1.29 is 14.3 Å². The highest BCUT2D eigenvalue weighted by atomic mass is 32.2. The monoisotopic (exact) mass is 245 g/mol. The number of carbonyl (C=O) groups is 1. The summed E-state index contributed by atoms with van der Waals surface area (Å²) in [4.78, 5) is 9.92. The van der Waals surface area contributed by atoms with E-state index in [2.05, 4.69) is 0 Å². The van der Waals surface area contributed by atoms with Crippen LogP contribution in [0.15, 0.2) is 23.1 Å². The quantitative estimate of drug-likeness (QED) is 0.786.